The van der Waals surface area contributed by atoms with Crippen LogP contribution in [0.3, 0.4) is 0 Å². The van der Waals surface area contributed by atoms with Gasteiger partial charge in [-0.25, -0.2) is 0 Å². The van der Waals surface area contributed by atoms with Crippen molar-refractivity contribution in [2.75, 3.05) is 20.3 Å². The highest BCUT2D eigenvalue weighted by atomic mass is 16.7. The lowest BCUT2D eigenvalue weighted by Gasteiger charge is -2.30. The smallest absolute Gasteiger partial charge is 0.305 e. The predicted molar refractivity (Wildman–Crippen MR) is 156 cm³/mol. The van der Waals surface area contributed by atoms with Gasteiger partial charge < -0.3 is 23.7 Å². The fourth-order valence-electron chi connectivity index (χ4n) is 6.17. The summed E-state index contributed by atoms with van der Waals surface area (Å²) in [5.74, 6) is -0.264. The second kappa shape index (κ2) is 18.8. The molecule has 8 heteroatoms. The van der Waals surface area contributed by atoms with Gasteiger partial charge in [-0.15, -0.1) is 0 Å². The van der Waals surface area contributed by atoms with Crippen molar-refractivity contribution in [1.29, 1.82) is 0 Å². The van der Waals surface area contributed by atoms with E-state index in [2.05, 4.69) is 30.7 Å². The van der Waals surface area contributed by atoms with Gasteiger partial charge in [0, 0.05) is 50.7 Å². The maximum Gasteiger partial charge on any atom is 0.305 e. The number of ketones is 2. The van der Waals surface area contributed by atoms with Gasteiger partial charge in [-0.3, -0.25) is 14.4 Å². The zero-order valence-corrected chi connectivity index (χ0v) is 25.7. The van der Waals surface area contributed by atoms with Crippen LogP contribution in [-0.2, 0) is 38.1 Å². The Hall–Kier alpha value is -1.61. The van der Waals surface area contributed by atoms with Crippen molar-refractivity contribution in [3.05, 3.63) is 12.2 Å². The number of hydrogen-bond donors (Lipinski definition) is 0. The summed E-state index contributed by atoms with van der Waals surface area (Å²) in [7, 11) is 1.37. The van der Waals surface area contributed by atoms with Crippen LogP contribution in [0.15, 0.2) is 12.2 Å². The quantitative estimate of drug-likeness (QED) is 0.104. The largest absolute Gasteiger partial charge is 0.469 e. The van der Waals surface area contributed by atoms with Gasteiger partial charge >= 0.3 is 5.97 Å². The maximum atomic E-state index is 13.3. The van der Waals surface area contributed by atoms with E-state index in [4.69, 9.17) is 18.9 Å². The molecule has 3 rings (SSSR count). The Morgan fingerprint density at radius 2 is 1.71 bits per heavy atom. The molecule has 41 heavy (non-hydrogen) atoms. The zero-order valence-electron chi connectivity index (χ0n) is 25.7. The molecule has 2 heterocycles. The Morgan fingerprint density at radius 3 is 2.37 bits per heavy atom. The molecule has 0 aromatic heterocycles. The first-order chi connectivity index (χ1) is 19.9. The zero-order chi connectivity index (χ0) is 29.5. The molecule has 3 fully saturated rings. The van der Waals surface area contributed by atoms with Gasteiger partial charge in [-0.1, -0.05) is 45.3 Å². The highest BCUT2D eigenvalue weighted by Gasteiger charge is 2.43. The summed E-state index contributed by atoms with van der Waals surface area (Å²) >= 11 is 0. The molecule has 2 saturated heterocycles. The number of carbonyl (C=O) groups is 3. The average molecular weight is 579 g/mol. The third-order valence-corrected chi connectivity index (χ3v) is 8.63. The molecule has 0 aromatic rings. The number of rotatable bonds is 18. The van der Waals surface area contributed by atoms with E-state index in [0.29, 0.717) is 44.6 Å². The fourth-order valence-corrected chi connectivity index (χ4v) is 6.17. The van der Waals surface area contributed by atoms with E-state index in [1.165, 1.54) is 20.0 Å². The van der Waals surface area contributed by atoms with Gasteiger partial charge in [-0.2, -0.15) is 0 Å². The Balaban J connectivity index is 1.70. The van der Waals surface area contributed by atoms with E-state index in [1.807, 2.05) is 0 Å². The number of hydrogen-bond acceptors (Lipinski definition) is 8. The lowest BCUT2D eigenvalue weighted by Crippen LogP contribution is -2.31. The summed E-state index contributed by atoms with van der Waals surface area (Å²) in [6.07, 6.45) is 16.0. The van der Waals surface area contributed by atoms with Crippen LogP contribution in [0.5, 0.6) is 0 Å². The molecule has 8 nitrogen and oxygen atoms in total. The van der Waals surface area contributed by atoms with Gasteiger partial charge in [0.1, 0.15) is 11.6 Å². The van der Waals surface area contributed by atoms with Gasteiger partial charge in [0.25, 0.3) is 0 Å². The molecule has 0 spiro atoms. The van der Waals surface area contributed by atoms with Crippen LogP contribution in [0.2, 0.25) is 0 Å². The summed E-state index contributed by atoms with van der Waals surface area (Å²) in [5, 5.41) is 0. The maximum absolute atomic E-state index is 13.3. The van der Waals surface area contributed by atoms with Crippen molar-refractivity contribution in [3.63, 3.8) is 0 Å². The summed E-state index contributed by atoms with van der Waals surface area (Å²) < 4.78 is 29.3. The van der Waals surface area contributed by atoms with Crippen molar-refractivity contribution >= 4 is 17.5 Å². The Kier molecular flexibility index (Phi) is 15.6. The molecular formula is C33H54O8. The van der Waals surface area contributed by atoms with E-state index in [1.54, 1.807) is 0 Å². The Bertz CT molecular complexity index is 814. The van der Waals surface area contributed by atoms with Crippen molar-refractivity contribution in [1.82, 2.24) is 0 Å². The molecule has 0 aromatic carbocycles. The highest BCUT2D eigenvalue weighted by molar-refractivity contribution is 5.90. The number of ether oxygens (including phenoxy) is 5. The molecule has 3 aliphatic rings. The second-order valence-electron chi connectivity index (χ2n) is 12.2. The Morgan fingerprint density at radius 1 is 1.00 bits per heavy atom. The molecule has 1 saturated carbocycles. The van der Waals surface area contributed by atoms with Crippen LogP contribution in [0.25, 0.3) is 0 Å². The molecule has 2 unspecified atom stereocenters. The summed E-state index contributed by atoms with van der Waals surface area (Å²) in [5.41, 5.74) is 0. The van der Waals surface area contributed by atoms with Gasteiger partial charge in [0.15, 0.2) is 12.6 Å². The van der Waals surface area contributed by atoms with Crippen molar-refractivity contribution < 1.29 is 38.1 Å². The standard InChI is InChI=1S/C33H54O8/c1-4-5-12-24(2)21-26(40-32-15-8-10-19-38-32)17-18-27-28(22-25(34)13-6-7-14-31(36)37-3)29(35)23-30(27)41-33-16-9-11-20-39-33/h17-18,24,26-28,30,32-33H,4-16,19-23H2,1-3H3/t24-,26+,27+,28+,30+,32?,33?/m0/s1. The van der Waals surface area contributed by atoms with Gasteiger partial charge in [0.05, 0.1) is 19.3 Å². The normalized spacial score (nSPS) is 28.6. The third-order valence-electron chi connectivity index (χ3n) is 8.63. The Labute approximate surface area is 247 Å². The fraction of sp³-hybridized carbons (Fsp3) is 0.848. The number of methoxy groups -OCH3 is 1. The number of esters is 1. The first-order valence-electron chi connectivity index (χ1n) is 16.2. The van der Waals surface area contributed by atoms with E-state index >= 15 is 0 Å². The molecule has 234 valence electrons. The van der Waals surface area contributed by atoms with Gasteiger partial charge in [-0.05, 0) is 63.7 Å². The topological polar surface area (TPSA) is 97.4 Å². The lowest BCUT2D eigenvalue weighted by atomic mass is 9.87. The van der Waals surface area contributed by atoms with Crippen molar-refractivity contribution in [3.8, 4) is 0 Å². The molecule has 2 aliphatic heterocycles. The number of Topliss-reactive ketones (excluding diaryl/α,β-unsaturated/α-hetero) is 2. The minimum absolute atomic E-state index is 0.0535. The van der Waals surface area contributed by atoms with E-state index in [0.717, 1.165) is 58.0 Å². The number of unbranched alkanes of at least 4 members (excludes halogenated alkanes) is 2. The molecule has 0 radical (unpaired) electrons. The molecular weight excluding hydrogens is 524 g/mol. The van der Waals surface area contributed by atoms with Crippen LogP contribution in [-0.4, -0.2) is 62.6 Å². The monoisotopic (exact) mass is 578 g/mol. The SMILES string of the molecule is CCCC[C@H](C)C[C@@H](C=C[C@H]1[C@H](OC2CCCCO2)CC(=O)[C@@H]1CC(=O)CCCCC(=O)OC)OC1CCCCO1. The van der Waals surface area contributed by atoms with Crippen LogP contribution in [0.4, 0.5) is 0 Å². The second-order valence-corrected chi connectivity index (χ2v) is 12.2. The highest BCUT2D eigenvalue weighted by Crippen LogP contribution is 2.37. The summed E-state index contributed by atoms with van der Waals surface area (Å²) in [4.78, 5) is 37.6. The molecule has 0 amide bonds. The molecule has 7 atom stereocenters. The van der Waals surface area contributed by atoms with E-state index in [-0.39, 0.29) is 54.7 Å². The summed E-state index contributed by atoms with van der Waals surface area (Å²) in [6.45, 7) is 5.88. The van der Waals surface area contributed by atoms with Crippen molar-refractivity contribution in [2.45, 2.75) is 141 Å². The van der Waals surface area contributed by atoms with Gasteiger partial charge in [0.2, 0.25) is 0 Å². The minimum atomic E-state index is -0.419. The van der Waals surface area contributed by atoms with Crippen molar-refractivity contribution in [2.24, 2.45) is 17.8 Å². The van der Waals surface area contributed by atoms with Crippen LogP contribution >= 0.6 is 0 Å². The van der Waals surface area contributed by atoms with Crippen LogP contribution in [0.1, 0.15) is 117 Å². The van der Waals surface area contributed by atoms with Crippen LogP contribution < -0.4 is 0 Å². The summed E-state index contributed by atoms with van der Waals surface area (Å²) in [6, 6.07) is 0. The first-order valence-corrected chi connectivity index (χ1v) is 16.2. The lowest BCUT2D eigenvalue weighted by molar-refractivity contribution is -0.192. The molecule has 1 aliphatic carbocycles. The van der Waals surface area contributed by atoms with Crippen LogP contribution in [0, 0.1) is 17.8 Å². The van der Waals surface area contributed by atoms with E-state index in [9.17, 15) is 14.4 Å². The molecule has 0 bridgehead atoms. The van der Waals surface area contributed by atoms with E-state index < -0.39 is 5.92 Å². The predicted octanol–water partition coefficient (Wildman–Crippen LogP) is 6.48. The molecule has 0 N–H and O–H groups in total. The third kappa shape index (κ3) is 12.3. The number of carbonyl (C=O) groups excluding carboxylic acids is 3. The average Bonchev–Trinajstić information content (AvgIpc) is 3.26. The first kappa shape index (κ1) is 33.9. The minimum Gasteiger partial charge on any atom is -0.469 e.